The zero-order valence-electron chi connectivity index (χ0n) is 11.5. The molecule has 1 fully saturated rings. The van der Waals surface area contributed by atoms with Gasteiger partial charge in [-0.05, 0) is 13.8 Å². The Morgan fingerprint density at radius 2 is 1.85 bits per heavy atom. The van der Waals surface area contributed by atoms with Gasteiger partial charge in [-0.25, -0.2) is 0 Å². The number of rotatable bonds is 6. The second-order valence-corrected chi connectivity index (χ2v) is 5.19. The highest BCUT2D eigenvalue weighted by atomic mass is 16.7. The maximum atomic E-state index is 9.79. The van der Waals surface area contributed by atoms with Crippen molar-refractivity contribution in [1.29, 1.82) is 0 Å². The molecule has 0 aromatic rings. The van der Waals surface area contributed by atoms with Gasteiger partial charge in [-0.15, -0.1) is 0 Å². The second-order valence-electron chi connectivity index (χ2n) is 5.19. The van der Waals surface area contributed by atoms with Crippen LogP contribution in [0.4, 0.5) is 0 Å². The van der Waals surface area contributed by atoms with Crippen molar-refractivity contribution in [2.75, 3.05) is 6.61 Å². The minimum Gasteiger partial charge on any atom is -0.394 e. The maximum Gasteiger partial charge on any atom is 0.186 e. The monoisotopic (exact) mass is 296 g/mol. The molecule has 0 aliphatic carbocycles. The fourth-order valence-corrected chi connectivity index (χ4v) is 2.07. The Bertz CT molecular complexity index is 287. The quantitative estimate of drug-likeness (QED) is 0.312. The summed E-state index contributed by atoms with van der Waals surface area (Å²) in [4.78, 5) is 0. The van der Waals surface area contributed by atoms with Gasteiger partial charge in [0.15, 0.2) is 6.29 Å². The lowest BCUT2D eigenvalue weighted by atomic mass is 10.0. The van der Waals surface area contributed by atoms with Crippen LogP contribution in [-0.4, -0.2) is 86.3 Å². The van der Waals surface area contributed by atoms with Crippen molar-refractivity contribution in [3.8, 4) is 0 Å². The molecule has 1 saturated heterocycles. The lowest BCUT2D eigenvalue weighted by molar-refractivity contribution is -0.300. The molecule has 0 bridgehead atoms. The number of ether oxygens (including phenoxy) is 2. The van der Waals surface area contributed by atoms with E-state index in [1.54, 1.807) is 6.92 Å². The van der Waals surface area contributed by atoms with Crippen molar-refractivity contribution >= 4 is 0 Å². The largest absolute Gasteiger partial charge is 0.394 e. The van der Waals surface area contributed by atoms with Crippen molar-refractivity contribution in [2.24, 2.45) is 0 Å². The molecule has 0 radical (unpaired) electrons. The van der Waals surface area contributed by atoms with Gasteiger partial charge in [-0.1, -0.05) is 0 Å². The van der Waals surface area contributed by atoms with Gasteiger partial charge in [-0.2, -0.15) is 0 Å². The standard InChI is InChI=1S/C12H24O8/c1-5-3-7(15)10(18)12(19-5)20-11(8(16)4-13)9(17)6(2)14/h5-18H,3-4H2,1-2H3/t5-,6?,7+,8?,9?,10-,11?,12+/m1/s1. The summed E-state index contributed by atoms with van der Waals surface area (Å²) in [5.74, 6) is 0. The molecular weight excluding hydrogens is 272 g/mol. The second kappa shape index (κ2) is 7.62. The molecule has 8 heteroatoms. The van der Waals surface area contributed by atoms with E-state index in [-0.39, 0.29) is 12.5 Å². The van der Waals surface area contributed by atoms with Crippen LogP contribution in [0.25, 0.3) is 0 Å². The van der Waals surface area contributed by atoms with E-state index >= 15 is 0 Å². The molecule has 1 aliphatic heterocycles. The molecule has 0 aromatic heterocycles. The topological polar surface area (TPSA) is 140 Å². The third kappa shape index (κ3) is 4.34. The van der Waals surface area contributed by atoms with Crippen molar-refractivity contribution in [2.45, 2.75) is 69.3 Å². The van der Waals surface area contributed by atoms with Gasteiger partial charge in [0.25, 0.3) is 0 Å². The van der Waals surface area contributed by atoms with Crippen LogP contribution in [0.1, 0.15) is 20.3 Å². The van der Waals surface area contributed by atoms with Gasteiger partial charge < -0.3 is 40.1 Å². The fraction of sp³-hybridized carbons (Fsp3) is 1.00. The Hall–Kier alpha value is -0.320. The minimum absolute atomic E-state index is 0.229. The normalized spacial score (nSPS) is 37.2. The molecule has 8 atom stereocenters. The molecule has 6 N–H and O–H groups in total. The smallest absolute Gasteiger partial charge is 0.186 e. The van der Waals surface area contributed by atoms with Crippen LogP contribution in [0.2, 0.25) is 0 Å². The molecule has 4 unspecified atom stereocenters. The zero-order valence-corrected chi connectivity index (χ0v) is 11.5. The van der Waals surface area contributed by atoms with E-state index in [1.807, 2.05) is 0 Å². The van der Waals surface area contributed by atoms with Crippen LogP contribution in [0, 0.1) is 0 Å². The van der Waals surface area contributed by atoms with Crippen LogP contribution >= 0.6 is 0 Å². The van der Waals surface area contributed by atoms with Gasteiger partial charge >= 0.3 is 0 Å². The molecular formula is C12H24O8. The zero-order chi connectivity index (χ0) is 15.4. The van der Waals surface area contributed by atoms with Crippen molar-refractivity contribution in [1.82, 2.24) is 0 Å². The van der Waals surface area contributed by atoms with Crippen LogP contribution < -0.4 is 0 Å². The third-order valence-electron chi connectivity index (χ3n) is 3.30. The highest BCUT2D eigenvalue weighted by Crippen LogP contribution is 2.24. The van der Waals surface area contributed by atoms with E-state index in [2.05, 4.69) is 0 Å². The number of hydrogen-bond donors (Lipinski definition) is 6. The fourth-order valence-electron chi connectivity index (χ4n) is 2.07. The SMILES string of the molecule is CC(O)C(O)C(O[C@@H]1O[C@H](C)C[C@H](O)[C@H]1O)C(O)CO. The number of aliphatic hydroxyl groups is 6. The van der Waals surface area contributed by atoms with Crippen LogP contribution in [0.5, 0.6) is 0 Å². The molecule has 1 rings (SSSR count). The van der Waals surface area contributed by atoms with E-state index in [0.717, 1.165) is 0 Å². The van der Waals surface area contributed by atoms with Gasteiger partial charge in [0, 0.05) is 6.42 Å². The lowest BCUT2D eigenvalue weighted by Crippen LogP contribution is -2.55. The molecule has 1 heterocycles. The van der Waals surface area contributed by atoms with Gasteiger partial charge in [0.05, 0.1) is 24.9 Å². The number of hydrogen-bond acceptors (Lipinski definition) is 8. The minimum atomic E-state index is -1.48. The first-order chi connectivity index (χ1) is 9.27. The van der Waals surface area contributed by atoms with E-state index in [1.165, 1.54) is 6.92 Å². The summed E-state index contributed by atoms with van der Waals surface area (Å²) < 4.78 is 10.6. The summed E-state index contributed by atoms with van der Waals surface area (Å²) in [7, 11) is 0. The first-order valence-corrected chi connectivity index (χ1v) is 6.60. The van der Waals surface area contributed by atoms with Gasteiger partial charge in [0.1, 0.15) is 24.4 Å². The van der Waals surface area contributed by atoms with E-state index in [0.29, 0.717) is 0 Å². The summed E-state index contributed by atoms with van der Waals surface area (Å²) in [6.07, 6.45) is -9.36. The van der Waals surface area contributed by atoms with Crippen molar-refractivity contribution < 1.29 is 40.1 Å². The average molecular weight is 296 g/mol. The first kappa shape index (κ1) is 17.7. The van der Waals surface area contributed by atoms with Crippen LogP contribution in [0.15, 0.2) is 0 Å². The molecule has 1 aliphatic rings. The molecule has 120 valence electrons. The Labute approximate surface area is 117 Å². The summed E-state index contributed by atoms with van der Waals surface area (Å²) >= 11 is 0. The predicted molar refractivity (Wildman–Crippen MR) is 66.6 cm³/mol. The van der Waals surface area contributed by atoms with Gasteiger partial charge in [0.2, 0.25) is 0 Å². The van der Waals surface area contributed by atoms with E-state index < -0.39 is 49.5 Å². The molecule has 0 saturated carbocycles. The molecule has 8 nitrogen and oxygen atoms in total. The van der Waals surface area contributed by atoms with Crippen LogP contribution in [-0.2, 0) is 9.47 Å². The maximum absolute atomic E-state index is 9.79. The summed E-state index contributed by atoms with van der Waals surface area (Å²) in [6.45, 7) is 2.27. The first-order valence-electron chi connectivity index (χ1n) is 6.60. The summed E-state index contributed by atoms with van der Waals surface area (Å²) in [5.41, 5.74) is 0. The highest BCUT2D eigenvalue weighted by Gasteiger charge is 2.40. The number of aliphatic hydroxyl groups excluding tert-OH is 6. The summed E-state index contributed by atoms with van der Waals surface area (Å²) in [5, 5.41) is 57.2. The Kier molecular flexibility index (Phi) is 6.76. The average Bonchev–Trinajstić information content (AvgIpc) is 2.39. The molecule has 0 amide bonds. The van der Waals surface area contributed by atoms with E-state index in [4.69, 9.17) is 14.6 Å². The predicted octanol–water partition coefficient (Wildman–Crippen LogP) is -2.68. The van der Waals surface area contributed by atoms with Crippen molar-refractivity contribution in [3.63, 3.8) is 0 Å². The highest BCUT2D eigenvalue weighted by molar-refractivity contribution is 4.85. The molecule has 20 heavy (non-hydrogen) atoms. The summed E-state index contributed by atoms with van der Waals surface area (Å²) in [6, 6.07) is 0. The van der Waals surface area contributed by atoms with Crippen LogP contribution in [0.3, 0.4) is 0 Å². The Morgan fingerprint density at radius 1 is 1.25 bits per heavy atom. The van der Waals surface area contributed by atoms with Crippen molar-refractivity contribution in [3.05, 3.63) is 0 Å². The Morgan fingerprint density at radius 3 is 2.35 bits per heavy atom. The van der Waals surface area contributed by atoms with E-state index in [9.17, 15) is 25.5 Å². The lowest BCUT2D eigenvalue weighted by Gasteiger charge is -2.39. The Balaban J connectivity index is 2.77. The molecule has 0 aromatic carbocycles. The van der Waals surface area contributed by atoms with Gasteiger partial charge in [-0.3, -0.25) is 0 Å². The third-order valence-corrected chi connectivity index (χ3v) is 3.30. The molecule has 0 spiro atoms.